The summed E-state index contributed by atoms with van der Waals surface area (Å²) in [6.45, 7) is -0.281. The topological polar surface area (TPSA) is 82.5 Å². The summed E-state index contributed by atoms with van der Waals surface area (Å²) in [5.74, 6) is 0. The maximum Gasteiger partial charge on any atom is 0.409 e. The molecule has 12 heavy (non-hydrogen) atoms. The number of aliphatic hydroxyl groups excluding tert-OH is 1. The van der Waals surface area contributed by atoms with Crippen LogP contribution in [0, 0.1) is 0 Å². The molecule has 0 aliphatic rings. The summed E-state index contributed by atoms with van der Waals surface area (Å²) < 4.78 is 0. The standard InChI is InChI=1S/C7H8N2O3/c10-4-6-5(9-7(11)12)2-1-3-8-6/h1-3,9-10H,4H2,(H,11,12). The van der Waals surface area contributed by atoms with E-state index in [4.69, 9.17) is 10.2 Å². The van der Waals surface area contributed by atoms with Crippen LogP contribution in [-0.4, -0.2) is 21.3 Å². The van der Waals surface area contributed by atoms with Gasteiger partial charge in [-0.05, 0) is 12.1 Å². The number of hydrogen-bond donors (Lipinski definition) is 3. The molecule has 0 aromatic carbocycles. The Bertz CT molecular complexity index is 288. The van der Waals surface area contributed by atoms with Crippen molar-refractivity contribution >= 4 is 11.8 Å². The molecule has 1 aromatic heterocycles. The zero-order valence-electron chi connectivity index (χ0n) is 6.19. The largest absolute Gasteiger partial charge is 0.465 e. The van der Waals surface area contributed by atoms with Gasteiger partial charge in [-0.25, -0.2) is 4.79 Å². The molecule has 0 unspecified atom stereocenters. The van der Waals surface area contributed by atoms with Crippen LogP contribution in [0.25, 0.3) is 0 Å². The van der Waals surface area contributed by atoms with Gasteiger partial charge in [0.25, 0.3) is 0 Å². The molecular weight excluding hydrogens is 160 g/mol. The molecule has 1 aromatic rings. The van der Waals surface area contributed by atoms with E-state index >= 15 is 0 Å². The summed E-state index contributed by atoms with van der Waals surface area (Å²) >= 11 is 0. The minimum atomic E-state index is -1.17. The Morgan fingerprint density at radius 2 is 2.42 bits per heavy atom. The van der Waals surface area contributed by atoms with Crippen molar-refractivity contribution in [3.63, 3.8) is 0 Å². The van der Waals surface area contributed by atoms with Crippen LogP contribution < -0.4 is 5.32 Å². The predicted octanol–water partition coefficient (Wildman–Crippen LogP) is 0.664. The van der Waals surface area contributed by atoms with Crippen molar-refractivity contribution in [1.29, 1.82) is 0 Å². The van der Waals surface area contributed by atoms with Gasteiger partial charge in [0.15, 0.2) is 0 Å². The number of carbonyl (C=O) groups is 1. The molecule has 0 saturated carbocycles. The predicted molar refractivity (Wildman–Crippen MR) is 41.8 cm³/mol. The molecule has 0 aliphatic heterocycles. The van der Waals surface area contributed by atoms with Crippen molar-refractivity contribution in [3.8, 4) is 0 Å². The normalized spacial score (nSPS) is 9.42. The molecule has 5 nitrogen and oxygen atoms in total. The molecule has 1 rings (SSSR count). The van der Waals surface area contributed by atoms with Gasteiger partial charge in [0.05, 0.1) is 18.0 Å². The van der Waals surface area contributed by atoms with Crippen LogP contribution >= 0.6 is 0 Å². The van der Waals surface area contributed by atoms with Crippen LogP contribution in [0.3, 0.4) is 0 Å². The van der Waals surface area contributed by atoms with E-state index in [2.05, 4.69) is 10.3 Å². The van der Waals surface area contributed by atoms with E-state index < -0.39 is 6.09 Å². The van der Waals surface area contributed by atoms with E-state index in [0.29, 0.717) is 11.4 Å². The zero-order valence-corrected chi connectivity index (χ0v) is 6.19. The van der Waals surface area contributed by atoms with E-state index in [-0.39, 0.29) is 6.61 Å². The van der Waals surface area contributed by atoms with Gasteiger partial charge in [-0.3, -0.25) is 10.3 Å². The van der Waals surface area contributed by atoms with Crippen LogP contribution in [0.5, 0.6) is 0 Å². The van der Waals surface area contributed by atoms with Crippen molar-refractivity contribution in [2.45, 2.75) is 6.61 Å². The van der Waals surface area contributed by atoms with E-state index in [1.165, 1.54) is 12.3 Å². The Morgan fingerprint density at radius 3 is 3.00 bits per heavy atom. The maximum absolute atomic E-state index is 10.2. The molecule has 0 radical (unpaired) electrons. The van der Waals surface area contributed by atoms with Crippen molar-refractivity contribution in [1.82, 2.24) is 4.98 Å². The molecule has 1 heterocycles. The first-order valence-corrected chi connectivity index (χ1v) is 3.28. The minimum absolute atomic E-state index is 0.281. The molecule has 0 bridgehead atoms. The summed E-state index contributed by atoms with van der Waals surface area (Å²) in [6.07, 6.45) is 0.316. The smallest absolute Gasteiger partial charge is 0.409 e. The van der Waals surface area contributed by atoms with Gasteiger partial charge < -0.3 is 10.2 Å². The molecule has 0 aliphatic carbocycles. The van der Waals surface area contributed by atoms with Crippen molar-refractivity contribution in [2.24, 2.45) is 0 Å². The monoisotopic (exact) mass is 168 g/mol. The number of hydrogen-bond acceptors (Lipinski definition) is 3. The summed E-state index contributed by atoms with van der Waals surface area (Å²) in [6, 6.07) is 3.12. The third kappa shape index (κ3) is 1.93. The van der Waals surface area contributed by atoms with Gasteiger partial charge >= 0.3 is 6.09 Å². The fourth-order valence-electron chi connectivity index (χ4n) is 0.793. The Balaban J connectivity index is 2.89. The quantitative estimate of drug-likeness (QED) is 0.605. The van der Waals surface area contributed by atoms with Crippen molar-refractivity contribution < 1.29 is 15.0 Å². The van der Waals surface area contributed by atoms with Gasteiger partial charge in [-0.1, -0.05) is 0 Å². The van der Waals surface area contributed by atoms with E-state index in [9.17, 15) is 4.79 Å². The highest BCUT2D eigenvalue weighted by Crippen LogP contribution is 2.10. The van der Waals surface area contributed by atoms with Gasteiger partial charge in [-0.2, -0.15) is 0 Å². The molecule has 0 atom stereocenters. The number of amides is 1. The number of nitrogens with zero attached hydrogens (tertiary/aromatic N) is 1. The van der Waals surface area contributed by atoms with Crippen molar-refractivity contribution in [3.05, 3.63) is 24.0 Å². The highest BCUT2D eigenvalue weighted by Gasteiger charge is 2.03. The van der Waals surface area contributed by atoms with Gasteiger partial charge in [0.2, 0.25) is 0 Å². The summed E-state index contributed by atoms with van der Waals surface area (Å²) in [4.78, 5) is 14.0. The van der Waals surface area contributed by atoms with E-state index in [0.717, 1.165) is 0 Å². The SMILES string of the molecule is O=C(O)Nc1cccnc1CO. The number of carboxylic acid groups (broad SMARTS) is 1. The molecule has 5 heteroatoms. The van der Waals surface area contributed by atoms with Gasteiger partial charge in [0.1, 0.15) is 0 Å². The average molecular weight is 168 g/mol. The lowest BCUT2D eigenvalue weighted by Crippen LogP contribution is -2.10. The van der Waals surface area contributed by atoms with E-state index in [1.807, 2.05) is 0 Å². The second kappa shape index (κ2) is 3.68. The average Bonchev–Trinajstić information content (AvgIpc) is 2.04. The van der Waals surface area contributed by atoms with Gasteiger partial charge in [-0.15, -0.1) is 0 Å². The Kier molecular flexibility index (Phi) is 2.60. The van der Waals surface area contributed by atoms with Crippen LogP contribution in [-0.2, 0) is 6.61 Å². The van der Waals surface area contributed by atoms with Crippen LogP contribution in [0.15, 0.2) is 18.3 Å². The number of nitrogens with one attached hydrogen (secondary N) is 1. The third-order valence-electron chi connectivity index (χ3n) is 1.28. The van der Waals surface area contributed by atoms with Crippen LogP contribution in [0.2, 0.25) is 0 Å². The molecular formula is C7H8N2O3. The second-order valence-corrected chi connectivity index (χ2v) is 2.09. The van der Waals surface area contributed by atoms with Crippen molar-refractivity contribution in [2.75, 3.05) is 5.32 Å². The molecule has 0 spiro atoms. The number of aliphatic hydroxyl groups is 1. The van der Waals surface area contributed by atoms with Crippen LogP contribution in [0.1, 0.15) is 5.69 Å². The Hall–Kier alpha value is -1.62. The number of rotatable bonds is 2. The fraction of sp³-hybridized carbons (Fsp3) is 0.143. The minimum Gasteiger partial charge on any atom is -0.465 e. The number of anilines is 1. The van der Waals surface area contributed by atoms with Gasteiger partial charge in [0, 0.05) is 6.20 Å². The first-order valence-electron chi connectivity index (χ1n) is 3.28. The molecule has 1 amide bonds. The highest BCUT2D eigenvalue weighted by atomic mass is 16.4. The van der Waals surface area contributed by atoms with E-state index in [1.54, 1.807) is 6.07 Å². The lowest BCUT2D eigenvalue weighted by atomic mass is 10.3. The summed E-state index contributed by atoms with van der Waals surface area (Å²) in [5, 5.41) is 19.2. The first kappa shape index (κ1) is 8.48. The molecule has 0 saturated heterocycles. The number of aromatic nitrogens is 1. The lowest BCUT2D eigenvalue weighted by molar-refractivity contribution is 0.209. The fourth-order valence-corrected chi connectivity index (χ4v) is 0.793. The lowest BCUT2D eigenvalue weighted by Gasteiger charge is -2.03. The zero-order chi connectivity index (χ0) is 8.97. The Morgan fingerprint density at radius 1 is 1.67 bits per heavy atom. The highest BCUT2D eigenvalue weighted by molar-refractivity contribution is 5.83. The molecule has 64 valence electrons. The first-order chi connectivity index (χ1) is 5.74. The molecule has 3 N–H and O–H groups in total. The summed E-state index contributed by atoms with van der Waals surface area (Å²) in [5.41, 5.74) is 0.632. The third-order valence-corrected chi connectivity index (χ3v) is 1.28. The maximum atomic E-state index is 10.2. The number of pyridine rings is 1. The Labute approximate surface area is 68.7 Å². The van der Waals surface area contributed by atoms with Crippen LogP contribution in [0.4, 0.5) is 10.5 Å². The summed E-state index contributed by atoms with van der Waals surface area (Å²) in [7, 11) is 0. The molecule has 0 fully saturated rings. The second-order valence-electron chi connectivity index (χ2n) is 2.09.